The van der Waals surface area contributed by atoms with Gasteiger partial charge in [-0.1, -0.05) is 13.8 Å². The molecule has 3 fully saturated rings. The maximum Gasteiger partial charge on any atom is 0.245 e. The molecule has 118 valence electrons. The highest BCUT2D eigenvalue weighted by molar-refractivity contribution is 5.89. The second kappa shape index (κ2) is 5.59. The number of nitrogens with zero attached hydrogens (tertiary/aromatic N) is 2. The van der Waals surface area contributed by atoms with Crippen molar-refractivity contribution in [2.75, 3.05) is 19.6 Å². The van der Waals surface area contributed by atoms with Crippen molar-refractivity contribution in [3.05, 3.63) is 0 Å². The number of hydrogen-bond donors (Lipinski definition) is 1. The summed E-state index contributed by atoms with van der Waals surface area (Å²) < 4.78 is 0. The highest BCUT2D eigenvalue weighted by atomic mass is 16.2. The number of carbonyl (C=O) groups is 2. The Balaban J connectivity index is 1.72. The van der Waals surface area contributed by atoms with Gasteiger partial charge in [0.1, 0.15) is 6.04 Å². The smallest absolute Gasteiger partial charge is 0.245 e. The molecule has 3 rings (SSSR count). The monoisotopic (exact) mass is 293 g/mol. The summed E-state index contributed by atoms with van der Waals surface area (Å²) in [5.74, 6) is 1.48. The Morgan fingerprint density at radius 3 is 2.62 bits per heavy atom. The van der Waals surface area contributed by atoms with Crippen LogP contribution in [0.3, 0.4) is 0 Å². The first-order valence-electron chi connectivity index (χ1n) is 8.33. The molecule has 4 atom stereocenters. The second-order valence-electron chi connectivity index (χ2n) is 7.29. The van der Waals surface area contributed by atoms with E-state index in [9.17, 15) is 9.59 Å². The molecule has 2 aliphatic heterocycles. The van der Waals surface area contributed by atoms with Gasteiger partial charge in [-0.15, -0.1) is 0 Å². The Kier molecular flexibility index (Phi) is 3.95. The number of amides is 2. The number of hydrogen-bond acceptors (Lipinski definition) is 3. The van der Waals surface area contributed by atoms with E-state index in [-0.39, 0.29) is 29.8 Å². The lowest BCUT2D eigenvalue weighted by Gasteiger charge is -2.33. The van der Waals surface area contributed by atoms with Crippen LogP contribution in [0, 0.1) is 17.8 Å². The summed E-state index contributed by atoms with van der Waals surface area (Å²) in [6.45, 7) is 6.43. The Hall–Kier alpha value is -1.10. The average Bonchev–Trinajstić information content (AvgIpc) is 3.09. The number of nitrogens with two attached hydrogens (primary N) is 1. The lowest BCUT2D eigenvalue weighted by molar-refractivity contribution is -0.144. The van der Waals surface area contributed by atoms with E-state index in [1.807, 2.05) is 18.7 Å². The van der Waals surface area contributed by atoms with Crippen LogP contribution in [0.15, 0.2) is 0 Å². The van der Waals surface area contributed by atoms with Crippen molar-refractivity contribution in [3.8, 4) is 0 Å². The molecular formula is C16H27N3O2. The van der Waals surface area contributed by atoms with E-state index in [2.05, 4.69) is 0 Å². The maximum absolute atomic E-state index is 12.9. The fourth-order valence-electron chi connectivity index (χ4n) is 4.42. The molecule has 0 aromatic carbocycles. The normalized spacial score (nSPS) is 33.9. The van der Waals surface area contributed by atoms with E-state index >= 15 is 0 Å². The fourth-order valence-corrected chi connectivity index (χ4v) is 4.42. The molecule has 2 N–H and O–H groups in total. The molecule has 0 spiro atoms. The Bertz CT molecular complexity index is 437. The van der Waals surface area contributed by atoms with Crippen molar-refractivity contribution < 1.29 is 9.59 Å². The summed E-state index contributed by atoms with van der Waals surface area (Å²) in [5.41, 5.74) is 6.16. The average molecular weight is 293 g/mol. The standard InChI is InChI=1S/C16H27N3O2/c1-10(2)15(19-7-3-4-14(19)20)16(21)18-8-11-5-6-13(17)12(11)9-18/h10-13,15H,3-9,17H2,1-2H3. The third-order valence-electron chi connectivity index (χ3n) is 5.55. The molecule has 0 aromatic heterocycles. The third-order valence-corrected chi connectivity index (χ3v) is 5.55. The highest BCUT2D eigenvalue weighted by Gasteiger charge is 2.45. The minimum absolute atomic E-state index is 0.137. The molecule has 1 aliphatic carbocycles. The van der Waals surface area contributed by atoms with Gasteiger partial charge in [0.25, 0.3) is 0 Å². The molecule has 0 bridgehead atoms. The molecule has 2 amide bonds. The lowest BCUT2D eigenvalue weighted by Crippen LogP contribution is -2.51. The molecule has 0 aromatic rings. The molecular weight excluding hydrogens is 266 g/mol. The number of carbonyl (C=O) groups excluding carboxylic acids is 2. The largest absolute Gasteiger partial charge is 0.340 e. The molecule has 1 saturated carbocycles. The van der Waals surface area contributed by atoms with E-state index in [4.69, 9.17) is 5.73 Å². The van der Waals surface area contributed by atoms with Crippen LogP contribution in [0.25, 0.3) is 0 Å². The van der Waals surface area contributed by atoms with Crippen molar-refractivity contribution in [1.29, 1.82) is 0 Å². The second-order valence-corrected chi connectivity index (χ2v) is 7.29. The Labute approximate surface area is 126 Å². The van der Waals surface area contributed by atoms with E-state index in [1.54, 1.807) is 4.90 Å². The van der Waals surface area contributed by atoms with E-state index in [0.29, 0.717) is 18.3 Å². The van der Waals surface area contributed by atoms with Gasteiger partial charge >= 0.3 is 0 Å². The molecule has 5 heteroatoms. The van der Waals surface area contributed by atoms with Crippen molar-refractivity contribution in [1.82, 2.24) is 9.80 Å². The van der Waals surface area contributed by atoms with Gasteiger partial charge in [0.15, 0.2) is 0 Å². The minimum Gasteiger partial charge on any atom is -0.340 e. The van der Waals surface area contributed by atoms with Gasteiger partial charge in [-0.3, -0.25) is 9.59 Å². The van der Waals surface area contributed by atoms with Crippen LogP contribution in [-0.4, -0.2) is 53.3 Å². The maximum atomic E-state index is 12.9. The van der Waals surface area contributed by atoms with Crippen LogP contribution in [0.5, 0.6) is 0 Å². The predicted octanol–water partition coefficient (Wildman–Crippen LogP) is 0.829. The summed E-state index contributed by atoms with van der Waals surface area (Å²) in [5, 5.41) is 0. The van der Waals surface area contributed by atoms with Crippen LogP contribution in [0.1, 0.15) is 39.5 Å². The first-order valence-corrected chi connectivity index (χ1v) is 8.33. The topological polar surface area (TPSA) is 66.6 Å². The summed E-state index contributed by atoms with van der Waals surface area (Å²) in [7, 11) is 0. The quantitative estimate of drug-likeness (QED) is 0.838. The van der Waals surface area contributed by atoms with Crippen LogP contribution in [-0.2, 0) is 9.59 Å². The van der Waals surface area contributed by atoms with Gasteiger partial charge in [-0.05, 0) is 37.0 Å². The van der Waals surface area contributed by atoms with Gasteiger partial charge in [-0.2, -0.15) is 0 Å². The Morgan fingerprint density at radius 1 is 1.29 bits per heavy atom. The van der Waals surface area contributed by atoms with E-state index in [1.165, 1.54) is 0 Å². The number of rotatable bonds is 3. The molecule has 0 radical (unpaired) electrons. The van der Waals surface area contributed by atoms with Crippen molar-refractivity contribution >= 4 is 11.8 Å². The van der Waals surface area contributed by atoms with Gasteiger partial charge in [0.05, 0.1) is 0 Å². The first kappa shape index (κ1) is 14.8. The SMILES string of the molecule is CC(C)C(C(=O)N1CC2CCC(N)C2C1)N1CCCC1=O. The van der Waals surface area contributed by atoms with Crippen LogP contribution >= 0.6 is 0 Å². The summed E-state index contributed by atoms with van der Waals surface area (Å²) >= 11 is 0. The van der Waals surface area contributed by atoms with Gasteiger partial charge in [0, 0.05) is 32.1 Å². The van der Waals surface area contributed by atoms with Gasteiger partial charge < -0.3 is 15.5 Å². The zero-order valence-corrected chi connectivity index (χ0v) is 13.1. The predicted molar refractivity (Wildman–Crippen MR) is 80.3 cm³/mol. The van der Waals surface area contributed by atoms with Gasteiger partial charge in [-0.25, -0.2) is 0 Å². The fraction of sp³-hybridized carbons (Fsp3) is 0.875. The number of likely N-dealkylation sites (tertiary alicyclic amines) is 2. The molecule has 21 heavy (non-hydrogen) atoms. The van der Waals surface area contributed by atoms with Crippen molar-refractivity contribution in [2.24, 2.45) is 23.5 Å². The third kappa shape index (κ3) is 2.56. The zero-order valence-electron chi connectivity index (χ0n) is 13.1. The minimum atomic E-state index is -0.282. The lowest BCUT2D eigenvalue weighted by atomic mass is 9.98. The van der Waals surface area contributed by atoms with Crippen LogP contribution in [0.2, 0.25) is 0 Å². The first-order chi connectivity index (χ1) is 9.99. The summed E-state index contributed by atoms with van der Waals surface area (Å²) in [6.07, 6.45) is 3.71. The van der Waals surface area contributed by atoms with E-state index in [0.717, 1.165) is 38.9 Å². The number of fused-ring (bicyclic) bond motifs is 1. The van der Waals surface area contributed by atoms with Crippen molar-refractivity contribution in [3.63, 3.8) is 0 Å². The molecule has 5 nitrogen and oxygen atoms in total. The molecule has 2 heterocycles. The molecule has 4 unspecified atom stereocenters. The van der Waals surface area contributed by atoms with Gasteiger partial charge in [0.2, 0.25) is 11.8 Å². The molecule has 3 aliphatic rings. The summed E-state index contributed by atoms with van der Waals surface area (Å²) in [6, 6.07) is -0.0335. The highest BCUT2D eigenvalue weighted by Crippen LogP contribution is 2.38. The Morgan fingerprint density at radius 2 is 2.05 bits per heavy atom. The van der Waals surface area contributed by atoms with E-state index < -0.39 is 0 Å². The van der Waals surface area contributed by atoms with Crippen LogP contribution < -0.4 is 5.73 Å². The van der Waals surface area contributed by atoms with Crippen LogP contribution in [0.4, 0.5) is 0 Å². The molecule has 2 saturated heterocycles. The zero-order chi connectivity index (χ0) is 15.1. The summed E-state index contributed by atoms with van der Waals surface area (Å²) in [4.78, 5) is 28.8. The van der Waals surface area contributed by atoms with Crippen molar-refractivity contribution in [2.45, 2.75) is 51.6 Å².